The maximum atomic E-state index is 14.6. The first-order chi connectivity index (χ1) is 20.3. The second-order valence-electron chi connectivity index (χ2n) is 12.7. The van der Waals surface area contributed by atoms with Gasteiger partial charge in [-0.05, 0) is 75.4 Å². The summed E-state index contributed by atoms with van der Waals surface area (Å²) in [6.45, 7) is 9.29. The van der Waals surface area contributed by atoms with E-state index in [4.69, 9.17) is 4.74 Å². The fourth-order valence-electron chi connectivity index (χ4n) is 7.91. The molecule has 226 valence electrons. The molecule has 1 saturated carbocycles. The van der Waals surface area contributed by atoms with Crippen LogP contribution in [0.3, 0.4) is 0 Å². The first kappa shape index (κ1) is 29.8. The van der Waals surface area contributed by atoms with E-state index in [1.807, 2.05) is 11.8 Å². The quantitative estimate of drug-likeness (QED) is 0.483. The van der Waals surface area contributed by atoms with Gasteiger partial charge in [-0.2, -0.15) is 5.26 Å². The standard InChI is InChI=1S/C32H44N6O3S/c1-4-27(39)38-16-15-37(18-23(38)11-13-33)30-25-10-12-32(17-22-8-5-7-21(2)26(22)20-42-32)29(40)28(25)34-31(35-30)41-19-24-9-6-14-36(24)3/h4-5,7-8,23-25,28,30-31,34-35H,1,6,9-12,14-20H2,2-3H3/t23?,24?,25?,28?,30?,31?,32-/m0/s1. The van der Waals surface area contributed by atoms with Gasteiger partial charge in [0, 0.05) is 37.3 Å². The van der Waals surface area contributed by atoms with Gasteiger partial charge in [0.2, 0.25) is 5.91 Å². The molecule has 0 radical (unpaired) electrons. The minimum Gasteiger partial charge on any atom is -0.348 e. The SMILES string of the molecule is C=CC(=O)N1CCN(C2NC(OCC3CCCN3C)NC3C(=O)[C@]4(CCC32)Cc2cccc(C)c2CS4)CC1CC#N. The molecular formula is C32H44N6O3S. The number of amides is 1. The number of hydrogen-bond acceptors (Lipinski definition) is 9. The molecular weight excluding hydrogens is 548 g/mol. The summed E-state index contributed by atoms with van der Waals surface area (Å²) in [5.74, 6) is 1.10. The highest BCUT2D eigenvalue weighted by molar-refractivity contribution is 8.00. The number of nitriles is 1. The third-order valence-corrected chi connectivity index (χ3v) is 11.9. The minimum atomic E-state index is -0.449. The summed E-state index contributed by atoms with van der Waals surface area (Å²) < 4.78 is 6.05. The van der Waals surface area contributed by atoms with Gasteiger partial charge in [-0.15, -0.1) is 11.8 Å². The van der Waals surface area contributed by atoms with Crippen LogP contribution in [0.4, 0.5) is 0 Å². The summed E-state index contributed by atoms with van der Waals surface area (Å²) in [5, 5.41) is 16.9. The number of likely N-dealkylation sites (N-methyl/N-ethyl adjacent to an activating group) is 1. The highest BCUT2D eigenvalue weighted by Crippen LogP contribution is 2.49. The van der Waals surface area contributed by atoms with Crippen LogP contribution in [0.25, 0.3) is 0 Å². The van der Waals surface area contributed by atoms with Gasteiger partial charge in [0.15, 0.2) is 12.1 Å². The first-order valence-electron chi connectivity index (χ1n) is 15.5. The van der Waals surface area contributed by atoms with Crippen molar-refractivity contribution in [1.29, 1.82) is 5.26 Å². The maximum Gasteiger partial charge on any atom is 0.246 e. The van der Waals surface area contributed by atoms with Crippen molar-refractivity contribution in [2.24, 2.45) is 5.92 Å². The van der Waals surface area contributed by atoms with Crippen molar-refractivity contribution in [3.63, 3.8) is 0 Å². The van der Waals surface area contributed by atoms with Crippen molar-refractivity contribution in [3.8, 4) is 6.07 Å². The first-order valence-corrected chi connectivity index (χ1v) is 16.5. The van der Waals surface area contributed by atoms with Crippen molar-refractivity contribution in [2.45, 2.75) is 86.6 Å². The molecule has 1 aromatic carbocycles. The van der Waals surface area contributed by atoms with E-state index in [9.17, 15) is 14.9 Å². The molecule has 10 heteroatoms. The van der Waals surface area contributed by atoms with Crippen LogP contribution in [0.15, 0.2) is 30.9 Å². The third kappa shape index (κ3) is 5.56. The second-order valence-corrected chi connectivity index (χ2v) is 14.1. The summed E-state index contributed by atoms with van der Waals surface area (Å²) in [7, 11) is 2.15. The van der Waals surface area contributed by atoms with Crippen molar-refractivity contribution in [1.82, 2.24) is 25.3 Å². The normalized spacial score (nSPS) is 35.5. The van der Waals surface area contributed by atoms with E-state index < -0.39 is 11.1 Å². The van der Waals surface area contributed by atoms with E-state index in [1.54, 1.807) is 4.90 Å². The molecule has 1 amide bonds. The third-order valence-electron chi connectivity index (χ3n) is 10.4. The lowest BCUT2D eigenvalue weighted by Gasteiger charge is -2.55. The van der Waals surface area contributed by atoms with E-state index in [0.29, 0.717) is 38.1 Å². The predicted octanol–water partition coefficient (Wildman–Crippen LogP) is 2.40. The highest BCUT2D eigenvalue weighted by Gasteiger charge is 2.55. The number of hydrogen-bond donors (Lipinski definition) is 2. The molecule has 3 saturated heterocycles. The molecule has 1 aromatic rings. The zero-order chi connectivity index (χ0) is 29.4. The zero-order valence-corrected chi connectivity index (χ0v) is 25.7. The lowest BCUT2D eigenvalue weighted by atomic mass is 9.71. The van der Waals surface area contributed by atoms with E-state index in [2.05, 4.69) is 65.3 Å². The number of likely N-dealkylation sites (tertiary alicyclic amines) is 1. The summed E-state index contributed by atoms with van der Waals surface area (Å²) in [6, 6.07) is 8.60. The number of carbonyl (C=O) groups is 2. The number of aryl methyl sites for hydroxylation is 1. The molecule has 1 spiro atoms. The fraction of sp³-hybridized carbons (Fsp3) is 0.656. The number of fused-ring (bicyclic) bond motifs is 2. The van der Waals surface area contributed by atoms with Crippen LogP contribution in [-0.4, -0.2) is 102 Å². The molecule has 4 heterocycles. The molecule has 2 N–H and O–H groups in total. The monoisotopic (exact) mass is 592 g/mol. The van der Waals surface area contributed by atoms with E-state index in [-0.39, 0.29) is 36.5 Å². The second kappa shape index (κ2) is 12.4. The van der Waals surface area contributed by atoms with Crippen LogP contribution in [0, 0.1) is 24.2 Å². The molecule has 9 nitrogen and oxygen atoms in total. The molecule has 5 aliphatic rings. The summed E-state index contributed by atoms with van der Waals surface area (Å²) in [4.78, 5) is 33.6. The molecule has 42 heavy (non-hydrogen) atoms. The van der Waals surface area contributed by atoms with Crippen LogP contribution < -0.4 is 10.6 Å². The number of Topliss-reactive ketones (excluding diaryl/α,β-unsaturated/α-hetero) is 1. The minimum absolute atomic E-state index is 0.0704. The Bertz CT molecular complexity index is 1250. The van der Waals surface area contributed by atoms with Crippen LogP contribution in [-0.2, 0) is 26.5 Å². The predicted molar refractivity (Wildman–Crippen MR) is 163 cm³/mol. The smallest absolute Gasteiger partial charge is 0.246 e. The number of ketones is 1. The van der Waals surface area contributed by atoms with Gasteiger partial charge in [0.1, 0.15) is 0 Å². The Morgan fingerprint density at radius 1 is 1.26 bits per heavy atom. The average Bonchev–Trinajstić information content (AvgIpc) is 3.42. The number of rotatable bonds is 6. The van der Waals surface area contributed by atoms with Gasteiger partial charge in [-0.3, -0.25) is 25.1 Å². The number of benzene rings is 1. The fourth-order valence-corrected chi connectivity index (χ4v) is 9.53. The average molecular weight is 593 g/mol. The summed E-state index contributed by atoms with van der Waals surface area (Å²) in [5.41, 5.74) is 4.00. The Balaban J connectivity index is 1.24. The largest absolute Gasteiger partial charge is 0.348 e. The zero-order valence-electron chi connectivity index (χ0n) is 24.9. The molecule has 0 aromatic heterocycles. The van der Waals surface area contributed by atoms with E-state index in [0.717, 1.165) is 38.0 Å². The molecule has 4 aliphatic heterocycles. The molecule has 6 rings (SSSR count). The number of nitrogens with zero attached hydrogens (tertiary/aromatic N) is 4. The van der Waals surface area contributed by atoms with Gasteiger partial charge in [-0.1, -0.05) is 24.8 Å². The highest BCUT2D eigenvalue weighted by atomic mass is 32.2. The van der Waals surface area contributed by atoms with Gasteiger partial charge < -0.3 is 14.5 Å². The van der Waals surface area contributed by atoms with Crippen LogP contribution in [0.2, 0.25) is 0 Å². The maximum absolute atomic E-state index is 14.6. The van der Waals surface area contributed by atoms with Gasteiger partial charge >= 0.3 is 0 Å². The van der Waals surface area contributed by atoms with Crippen molar-refractivity contribution < 1.29 is 14.3 Å². The Morgan fingerprint density at radius 2 is 2.12 bits per heavy atom. The topological polar surface area (TPSA) is 101 Å². The number of thioether (sulfide) groups is 1. The molecule has 6 unspecified atom stereocenters. The molecule has 7 atom stereocenters. The summed E-state index contributed by atoms with van der Waals surface area (Å²) >= 11 is 1.83. The van der Waals surface area contributed by atoms with Gasteiger partial charge in [-0.25, -0.2) is 0 Å². The van der Waals surface area contributed by atoms with Crippen LogP contribution >= 0.6 is 11.8 Å². The molecule has 0 bridgehead atoms. The Labute approximate surface area is 254 Å². The number of piperazine rings is 1. The number of ether oxygens (including phenoxy) is 1. The lowest BCUT2D eigenvalue weighted by molar-refractivity contribution is -0.145. The number of nitrogens with one attached hydrogen (secondary N) is 2. The van der Waals surface area contributed by atoms with Crippen LogP contribution in [0.1, 0.15) is 48.8 Å². The van der Waals surface area contributed by atoms with Gasteiger partial charge in [0.05, 0.1) is 42.1 Å². The lowest BCUT2D eigenvalue weighted by Crippen LogP contribution is -2.75. The van der Waals surface area contributed by atoms with E-state index >= 15 is 0 Å². The van der Waals surface area contributed by atoms with Crippen molar-refractivity contribution in [2.75, 3.05) is 39.8 Å². The van der Waals surface area contributed by atoms with E-state index in [1.165, 1.54) is 29.2 Å². The Morgan fingerprint density at radius 3 is 2.88 bits per heavy atom. The van der Waals surface area contributed by atoms with Gasteiger partial charge in [0.25, 0.3) is 0 Å². The van der Waals surface area contributed by atoms with Crippen molar-refractivity contribution in [3.05, 3.63) is 47.5 Å². The van der Waals surface area contributed by atoms with Crippen LogP contribution in [0.5, 0.6) is 0 Å². The molecule has 1 aliphatic carbocycles. The Hall–Kier alpha value is -2.26. The summed E-state index contributed by atoms with van der Waals surface area (Å²) in [6.07, 6.45) is 5.90. The van der Waals surface area contributed by atoms with Crippen molar-refractivity contribution >= 4 is 23.5 Å². The Kier molecular flexibility index (Phi) is 8.79. The number of carbonyl (C=O) groups excluding carboxylic acids is 2. The molecule has 4 fully saturated rings.